The maximum absolute atomic E-state index is 15.0. The Kier molecular flexibility index (Phi) is 5.35. The molecule has 0 saturated heterocycles. The molecule has 1 aliphatic rings. The second-order valence-corrected chi connectivity index (χ2v) is 8.67. The molecule has 2 N–H and O–H groups in total. The van der Waals surface area contributed by atoms with E-state index in [4.69, 9.17) is 4.98 Å². The smallest absolute Gasteiger partial charge is 0.254 e. The van der Waals surface area contributed by atoms with Crippen molar-refractivity contribution in [1.82, 2.24) is 25.4 Å². The monoisotopic (exact) mass is 431 g/mol. The molecule has 2 aromatic carbocycles. The van der Waals surface area contributed by atoms with E-state index in [0.717, 1.165) is 53.2 Å². The van der Waals surface area contributed by atoms with Crippen molar-refractivity contribution in [2.75, 3.05) is 27.2 Å². The Hall–Kier alpha value is -3.32. The Morgan fingerprint density at radius 2 is 1.97 bits per heavy atom. The van der Waals surface area contributed by atoms with Crippen LogP contribution in [0.15, 0.2) is 36.5 Å². The SMILES string of the molecule is CN(C)CCNC(=O)c1ccc(-c2nc3ccc4[nH]ncc4c3c3c2CCCC3)cc1F. The number of nitrogens with zero attached hydrogens (tertiary/aromatic N) is 3. The number of hydrogen-bond donors (Lipinski definition) is 2. The molecule has 4 aromatic rings. The summed E-state index contributed by atoms with van der Waals surface area (Å²) in [6, 6.07) is 8.80. The fraction of sp³-hybridized carbons (Fsp3) is 0.320. The minimum absolute atomic E-state index is 0.0577. The molecule has 0 aliphatic heterocycles. The van der Waals surface area contributed by atoms with E-state index in [2.05, 4.69) is 15.5 Å². The van der Waals surface area contributed by atoms with Crippen molar-refractivity contribution in [2.45, 2.75) is 25.7 Å². The molecule has 32 heavy (non-hydrogen) atoms. The topological polar surface area (TPSA) is 73.9 Å². The van der Waals surface area contributed by atoms with Gasteiger partial charge in [-0.25, -0.2) is 9.37 Å². The lowest BCUT2D eigenvalue weighted by molar-refractivity contribution is 0.0947. The van der Waals surface area contributed by atoms with Crippen molar-refractivity contribution in [3.05, 3.63) is 59.0 Å². The normalized spacial score (nSPS) is 13.6. The zero-order chi connectivity index (χ0) is 22.2. The Morgan fingerprint density at radius 3 is 2.75 bits per heavy atom. The number of halogens is 1. The van der Waals surface area contributed by atoms with Crippen LogP contribution in [0.5, 0.6) is 0 Å². The molecular weight excluding hydrogens is 405 g/mol. The van der Waals surface area contributed by atoms with Gasteiger partial charge in [-0.15, -0.1) is 0 Å². The van der Waals surface area contributed by atoms with Gasteiger partial charge in [0.15, 0.2) is 0 Å². The molecule has 7 heteroatoms. The van der Waals surface area contributed by atoms with Crippen molar-refractivity contribution in [3.8, 4) is 11.3 Å². The Labute approximate surface area is 185 Å². The Balaban J connectivity index is 1.57. The lowest BCUT2D eigenvalue weighted by Crippen LogP contribution is -2.31. The fourth-order valence-electron chi connectivity index (χ4n) is 4.62. The second kappa shape index (κ2) is 8.31. The lowest BCUT2D eigenvalue weighted by Gasteiger charge is -2.22. The van der Waals surface area contributed by atoms with Crippen LogP contribution in [0.2, 0.25) is 0 Å². The van der Waals surface area contributed by atoms with Gasteiger partial charge in [0, 0.05) is 29.4 Å². The highest BCUT2D eigenvalue weighted by molar-refractivity contribution is 6.07. The van der Waals surface area contributed by atoms with E-state index < -0.39 is 11.7 Å². The van der Waals surface area contributed by atoms with E-state index in [9.17, 15) is 9.18 Å². The summed E-state index contributed by atoms with van der Waals surface area (Å²) in [6.45, 7) is 1.16. The zero-order valence-electron chi connectivity index (χ0n) is 18.3. The highest BCUT2D eigenvalue weighted by Gasteiger charge is 2.22. The number of benzene rings is 2. The Bertz CT molecular complexity index is 1330. The van der Waals surface area contributed by atoms with Crippen LogP contribution >= 0.6 is 0 Å². The quantitative estimate of drug-likeness (QED) is 0.499. The summed E-state index contributed by atoms with van der Waals surface area (Å²) in [5.41, 5.74) is 5.93. The molecule has 0 radical (unpaired) electrons. The number of amides is 1. The maximum atomic E-state index is 15.0. The first-order valence-electron chi connectivity index (χ1n) is 11.0. The van der Waals surface area contributed by atoms with Crippen LogP contribution in [0, 0.1) is 5.82 Å². The first-order valence-corrected chi connectivity index (χ1v) is 11.0. The van der Waals surface area contributed by atoms with Gasteiger partial charge < -0.3 is 10.2 Å². The molecule has 6 nitrogen and oxygen atoms in total. The number of aromatic nitrogens is 3. The van der Waals surface area contributed by atoms with E-state index in [1.165, 1.54) is 17.2 Å². The highest BCUT2D eigenvalue weighted by Crippen LogP contribution is 2.38. The van der Waals surface area contributed by atoms with E-state index in [1.54, 1.807) is 6.07 Å². The third-order valence-corrected chi connectivity index (χ3v) is 6.22. The highest BCUT2D eigenvalue weighted by atomic mass is 19.1. The van der Waals surface area contributed by atoms with Crippen LogP contribution < -0.4 is 5.32 Å². The van der Waals surface area contributed by atoms with Gasteiger partial charge >= 0.3 is 0 Å². The number of hydrogen-bond acceptors (Lipinski definition) is 4. The number of H-pyrrole nitrogens is 1. The minimum atomic E-state index is -0.526. The number of pyridine rings is 1. The number of nitrogens with one attached hydrogen (secondary N) is 2. The van der Waals surface area contributed by atoms with Crippen LogP contribution in [0.4, 0.5) is 4.39 Å². The lowest BCUT2D eigenvalue weighted by atomic mass is 9.85. The molecule has 5 rings (SSSR count). The average Bonchev–Trinajstić information content (AvgIpc) is 3.27. The van der Waals surface area contributed by atoms with Crippen LogP contribution in [-0.4, -0.2) is 53.2 Å². The molecule has 164 valence electrons. The number of rotatable bonds is 5. The summed E-state index contributed by atoms with van der Waals surface area (Å²) in [6.07, 6.45) is 5.96. The molecule has 0 saturated carbocycles. The number of carbonyl (C=O) groups is 1. The Morgan fingerprint density at radius 1 is 1.16 bits per heavy atom. The third-order valence-electron chi connectivity index (χ3n) is 6.22. The van der Waals surface area contributed by atoms with Gasteiger partial charge in [-0.3, -0.25) is 9.89 Å². The largest absolute Gasteiger partial charge is 0.351 e. The minimum Gasteiger partial charge on any atom is -0.351 e. The van der Waals surface area contributed by atoms with E-state index in [-0.39, 0.29) is 5.56 Å². The number of fused-ring (bicyclic) bond motifs is 5. The van der Waals surface area contributed by atoms with Gasteiger partial charge in [-0.2, -0.15) is 5.10 Å². The molecule has 0 bridgehead atoms. The fourth-order valence-corrected chi connectivity index (χ4v) is 4.62. The molecule has 0 fully saturated rings. The number of aryl methyl sites for hydroxylation is 1. The van der Waals surface area contributed by atoms with Gasteiger partial charge in [0.25, 0.3) is 5.91 Å². The average molecular weight is 432 g/mol. The number of aromatic amines is 1. The third kappa shape index (κ3) is 3.62. The molecule has 1 aliphatic carbocycles. The standard InChI is InChI=1S/C25H26FN5O/c1-31(2)12-11-27-25(32)18-8-7-15(13-20(18)26)24-17-6-4-3-5-16(17)23-19-14-28-30-21(19)9-10-22(23)29-24/h7-10,13-14H,3-6,11-12H2,1-2H3,(H,27,32)(H,28,30). The maximum Gasteiger partial charge on any atom is 0.254 e. The van der Waals surface area contributed by atoms with Gasteiger partial charge in [0.2, 0.25) is 0 Å². The molecule has 2 aromatic heterocycles. The first kappa shape index (κ1) is 20.6. The van der Waals surface area contributed by atoms with Gasteiger partial charge in [0.1, 0.15) is 5.82 Å². The summed E-state index contributed by atoms with van der Waals surface area (Å²) in [7, 11) is 3.85. The molecule has 0 unspecified atom stereocenters. The summed E-state index contributed by atoms with van der Waals surface area (Å²) >= 11 is 0. The summed E-state index contributed by atoms with van der Waals surface area (Å²) in [5.74, 6) is -0.923. The molecule has 0 atom stereocenters. The first-order chi connectivity index (χ1) is 15.5. The predicted octanol–water partition coefficient (Wildman–Crippen LogP) is 4.09. The van der Waals surface area contributed by atoms with Crippen molar-refractivity contribution in [1.29, 1.82) is 0 Å². The van der Waals surface area contributed by atoms with Gasteiger partial charge in [-0.05, 0) is 75.2 Å². The zero-order valence-corrected chi connectivity index (χ0v) is 18.3. The molecule has 1 amide bonds. The van der Waals surface area contributed by atoms with E-state index >= 15 is 0 Å². The van der Waals surface area contributed by atoms with E-state index in [1.807, 2.05) is 43.4 Å². The van der Waals surface area contributed by atoms with Crippen LogP contribution in [0.25, 0.3) is 33.1 Å². The van der Waals surface area contributed by atoms with Crippen molar-refractivity contribution in [2.24, 2.45) is 0 Å². The molecule has 0 spiro atoms. The van der Waals surface area contributed by atoms with Crippen molar-refractivity contribution < 1.29 is 9.18 Å². The molecule has 2 heterocycles. The predicted molar refractivity (Wildman–Crippen MR) is 124 cm³/mol. The van der Waals surface area contributed by atoms with Crippen LogP contribution in [0.1, 0.15) is 34.3 Å². The molecular formula is C25H26FN5O. The van der Waals surface area contributed by atoms with Crippen LogP contribution in [-0.2, 0) is 12.8 Å². The summed E-state index contributed by atoms with van der Waals surface area (Å²) < 4.78 is 15.0. The number of carbonyl (C=O) groups excluding carboxylic acids is 1. The van der Waals surface area contributed by atoms with E-state index in [0.29, 0.717) is 18.7 Å². The second-order valence-electron chi connectivity index (χ2n) is 8.67. The van der Waals surface area contributed by atoms with Crippen molar-refractivity contribution >= 4 is 27.7 Å². The van der Waals surface area contributed by atoms with Crippen LogP contribution in [0.3, 0.4) is 0 Å². The summed E-state index contributed by atoms with van der Waals surface area (Å²) in [4.78, 5) is 19.3. The number of likely N-dealkylation sites (N-methyl/N-ethyl adjacent to an activating group) is 1. The van der Waals surface area contributed by atoms with Gasteiger partial charge in [-0.1, -0.05) is 6.07 Å². The van der Waals surface area contributed by atoms with Crippen molar-refractivity contribution in [3.63, 3.8) is 0 Å². The summed E-state index contributed by atoms with van der Waals surface area (Å²) in [5, 5.41) is 12.2. The van der Waals surface area contributed by atoms with Gasteiger partial charge in [0.05, 0.1) is 28.5 Å².